The maximum absolute atomic E-state index is 13.3. The molecule has 4 nitrogen and oxygen atoms in total. The molecule has 2 heterocycles. The molecule has 0 radical (unpaired) electrons. The summed E-state index contributed by atoms with van der Waals surface area (Å²) in [5.74, 6) is 1.08. The van der Waals surface area contributed by atoms with Gasteiger partial charge in [-0.25, -0.2) is 14.4 Å². The van der Waals surface area contributed by atoms with Crippen LogP contribution in [-0.4, -0.2) is 14.5 Å². The SMILES string of the molecule is C[C@H](N)c1nc2cc(F)ccc2n1-c1ccccn1. The minimum absolute atomic E-state index is 0.266. The first-order chi connectivity index (χ1) is 9.16. The van der Waals surface area contributed by atoms with E-state index < -0.39 is 0 Å². The van der Waals surface area contributed by atoms with Crippen molar-refractivity contribution < 1.29 is 4.39 Å². The Morgan fingerprint density at radius 2 is 2.11 bits per heavy atom. The molecule has 96 valence electrons. The normalized spacial score (nSPS) is 12.8. The molecular weight excluding hydrogens is 243 g/mol. The minimum atomic E-state index is -0.311. The Morgan fingerprint density at radius 3 is 2.79 bits per heavy atom. The first-order valence-corrected chi connectivity index (χ1v) is 6.01. The highest BCUT2D eigenvalue weighted by Gasteiger charge is 2.16. The first kappa shape index (κ1) is 11.8. The monoisotopic (exact) mass is 256 g/mol. The van der Waals surface area contributed by atoms with Gasteiger partial charge < -0.3 is 5.73 Å². The molecule has 2 N–H and O–H groups in total. The third-order valence-corrected chi connectivity index (χ3v) is 2.93. The van der Waals surface area contributed by atoms with Crippen molar-refractivity contribution in [1.29, 1.82) is 0 Å². The quantitative estimate of drug-likeness (QED) is 0.766. The average molecular weight is 256 g/mol. The zero-order valence-electron chi connectivity index (χ0n) is 10.4. The summed E-state index contributed by atoms with van der Waals surface area (Å²) < 4.78 is 15.1. The van der Waals surface area contributed by atoms with Crippen LogP contribution >= 0.6 is 0 Å². The Bertz CT molecular complexity index is 719. The van der Waals surface area contributed by atoms with E-state index in [-0.39, 0.29) is 11.9 Å². The molecule has 5 heteroatoms. The summed E-state index contributed by atoms with van der Waals surface area (Å²) in [5, 5.41) is 0. The van der Waals surface area contributed by atoms with E-state index in [1.165, 1.54) is 12.1 Å². The van der Waals surface area contributed by atoms with Gasteiger partial charge in [-0.2, -0.15) is 0 Å². The van der Waals surface area contributed by atoms with Gasteiger partial charge in [0.2, 0.25) is 0 Å². The molecule has 0 aliphatic carbocycles. The van der Waals surface area contributed by atoms with Crippen molar-refractivity contribution in [2.24, 2.45) is 5.73 Å². The largest absolute Gasteiger partial charge is 0.322 e. The van der Waals surface area contributed by atoms with Crippen LogP contribution in [0, 0.1) is 5.82 Å². The number of imidazole rings is 1. The van der Waals surface area contributed by atoms with Crippen LogP contribution in [0.2, 0.25) is 0 Å². The van der Waals surface area contributed by atoms with E-state index in [1.54, 1.807) is 12.3 Å². The second kappa shape index (κ2) is 4.44. The third-order valence-electron chi connectivity index (χ3n) is 2.93. The molecule has 0 saturated heterocycles. The average Bonchev–Trinajstić information content (AvgIpc) is 2.78. The van der Waals surface area contributed by atoms with Crippen molar-refractivity contribution in [3.63, 3.8) is 0 Å². The number of aromatic nitrogens is 3. The fourth-order valence-electron chi connectivity index (χ4n) is 2.10. The number of benzene rings is 1. The van der Waals surface area contributed by atoms with E-state index in [2.05, 4.69) is 9.97 Å². The molecule has 0 saturated carbocycles. The zero-order valence-corrected chi connectivity index (χ0v) is 10.4. The molecule has 0 aliphatic rings. The number of pyridine rings is 1. The van der Waals surface area contributed by atoms with Crippen LogP contribution in [0.3, 0.4) is 0 Å². The number of halogens is 1. The molecule has 0 amide bonds. The van der Waals surface area contributed by atoms with Gasteiger partial charge in [0.25, 0.3) is 0 Å². The summed E-state index contributed by atoms with van der Waals surface area (Å²) in [7, 11) is 0. The fourth-order valence-corrected chi connectivity index (χ4v) is 2.10. The van der Waals surface area contributed by atoms with Crippen LogP contribution in [-0.2, 0) is 0 Å². The summed E-state index contributed by atoms with van der Waals surface area (Å²) in [5.41, 5.74) is 7.33. The Morgan fingerprint density at radius 1 is 1.26 bits per heavy atom. The van der Waals surface area contributed by atoms with Gasteiger partial charge in [0.05, 0.1) is 17.1 Å². The number of hydrogen-bond donors (Lipinski definition) is 1. The van der Waals surface area contributed by atoms with Gasteiger partial charge in [-0.3, -0.25) is 4.57 Å². The van der Waals surface area contributed by atoms with Crippen molar-refractivity contribution in [2.75, 3.05) is 0 Å². The van der Waals surface area contributed by atoms with Crippen molar-refractivity contribution in [3.8, 4) is 5.82 Å². The molecule has 19 heavy (non-hydrogen) atoms. The van der Waals surface area contributed by atoms with Crippen LogP contribution in [0.15, 0.2) is 42.6 Å². The van der Waals surface area contributed by atoms with Crippen LogP contribution in [0.5, 0.6) is 0 Å². The Kier molecular flexibility index (Phi) is 2.76. The summed E-state index contributed by atoms with van der Waals surface area (Å²) in [6, 6.07) is 9.85. The standard InChI is InChI=1S/C14H13FN4/c1-9(16)14-18-11-8-10(15)5-6-12(11)19(14)13-4-2-3-7-17-13/h2-9H,16H2,1H3/t9-/m0/s1. The smallest absolute Gasteiger partial charge is 0.138 e. The van der Waals surface area contributed by atoms with Gasteiger partial charge >= 0.3 is 0 Å². The predicted octanol–water partition coefficient (Wildman–Crippen LogP) is 2.58. The third kappa shape index (κ3) is 1.98. The highest BCUT2D eigenvalue weighted by Crippen LogP contribution is 2.23. The van der Waals surface area contributed by atoms with Crippen molar-refractivity contribution in [1.82, 2.24) is 14.5 Å². The fraction of sp³-hybridized carbons (Fsp3) is 0.143. The first-order valence-electron chi connectivity index (χ1n) is 6.01. The number of nitrogens with two attached hydrogens (primary N) is 1. The molecule has 0 unspecified atom stereocenters. The van der Waals surface area contributed by atoms with Gasteiger partial charge in [0.1, 0.15) is 17.5 Å². The summed E-state index contributed by atoms with van der Waals surface area (Å²) >= 11 is 0. The zero-order chi connectivity index (χ0) is 13.4. The number of fused-ring (bicyclic) bond motifs is 1. The maximum Gasteiger partial charge on any atom is 0.138 e. The molecule has 3 rings (SSSR count). The van der Waals surface area contributed by atoms with E-state index in [1.807, 2.05) is 29.7 Å². The molecule has 0 fully saturated rings. The van der Waals surface area contributed by atoms with Crippen LogP contribution in [0.25, 0.3) is 16.9 Å². The Hall–Kier alpha value is -2.27. The van der Waals surface area contributed by atoms with Crippen molar-refractivity contribution in [2.45, 2.75) is 13.0 Å². The van der Waals surface area contributed by atoms with Gasteiger partial charge in [-0.15, -0.1) is 0 Å². The van der Waals surface area contributed by atoms with E-state index in [0.29, 0.717) is 11.3 Å². The Balaban J connectivity index is 2.35. The second-order valence-electron chi connectivity index (χ2n) is 4.42. The number of nitrogens with zero attached hydrogens (tertiary/aromatic N) is 3. The van der Waals surface area contributed by atoms with Crippen molar-refractivity contribution >= 4 is 11.0 Å². The van der Waals surface area contributed by atoms with Crippen molar-refractivity contribution in [3.05, 3.63) is 54.2 Å². The maximum atomic E-state index is 13.3. The van der Waals surface area contributed by atoms with Crippen LogP contribution in [0.4, 0.5) is 4.39 Å². The lowest BCUT2D eigenvalue weighted by Crippen LogP contribution is -2.13. The Labute approximate surface area is 109 Å². The van der Waals surface area contributed by atoms with Crippen LogP contribution in [0.1, 0.15) is 18.8 Å². The van der Waals surface area contributed by atoms with Gasteiger partial charge in [0.15, 0.2) is 0 Å². The topological polar surface area (TPSA) is 56.7 Å². The van der Waals surface area contributed by atoms with E-state index in [4.69, 9.17) is 5.73 Å². The lowest BCUT2D eigenvalue weighted by Gasteiger charge is -2.10. The highest BCUT2D eigenvalue weighted by atomic mass is 19.1. The lowest BCUT2D eigenvalue weighted by molar-refractivity contribution is 0.629. The molecule has 2 aromatic heterocycles. The van der Waals surface area contributed by atoms with Gasteiger partial charge in [-0.1, -0.05) is 6.07 Å². The molecule has 0 spiro atoms. The summed E-state index contributed by atoms with van der Waals surface area (Å²) in [6.07, 6.45) is 1.70. The molecular formula is C14H13FN4. The van der Waals surface area contributed by atoms with Gasteiger partial charge in [-0.05, 0) is 31.2 Å². The highest BCUT2D eigenvalue weighted by molar-refractivity contribution is 5.78. The predicted molar refractivity (Wildman–Crippen MR) is 71.4 cm³/mol. The van der Waals surface area contributed by atoms with Gasteiger partial charge in [0, 0.05) is 12.3 Å². The van der Waals surface area contributed by atoms with E-state index in [9.17, 15) is 4.39 Å². The lowest BCUT2D eigenvalue weighted by atomic mass is 10.3. The molecule has 1 aromatic carbocycles. The molecule has 3 aromatic rings. The summed E-state index contributed by atoms with van der Waals surface area (Å²) in [6.45, 7) is 1.84. The molecule has 0 bridgehead atoms. The molecule has 1 atom stereocenters. The van der Waals surface area contributed by atoms with E-state index >= 15 is 0 Å². The number of hydrogen-bond acceptors (Lipinski definition) is 3. The minimum Gasteiger partial charge on any atom is -0.322 e. The van der Waals surface area contributed by atoms with Crippen LogP contribution < -0.4 is 5.73 Å². The second-order valence-corrected chi connectivity index (χ2v) is 4.42. The molecule has 0 aliphatic heterocycles. The van der Waals surface area contributed by atoms with E-state index in [0.717, 1.165) is 11.3 Å². The summed E-state index contributed by atoms with van der Waals surface area (Å²) in [4.78, 5) is 8.72. The number of rotatable bonds is 2.